The van der Waals surface area contributed by atoms with Gasteiger partial charge in [0.25, 0.3) is 0 Å². The lowest BCUT2D eigenvalue weighted by Crippen LogP contribution is -2.06. The Balaban J connectivity index is 2.77. The maximum absolute atomic E-state index is 5.45. The lowest BCUT2D eigenvalue weighted by molar-refractivity contribution is 0.409. The zero-order valence-electron chi connectivity index (χ0n) is 12.8. The van der Waals surface area contributed by atoms with Crippen molar-refractivity contribution in [1.82, 2.24) is 4.98 Å². The van der Waals surface area contributed by atoms with E-state index in [1.165, 1.54) is 5.56 Å². The van der Waals surface area contributed by atoms with Gasteiger partial charge < -0.3 is 14.8 Å². The lowest BCUT2D eigenvalue weighted by Gasteiger charge is -2.16. The molecule has 4 nitrogen and oxygen atoms in total. The molecule has 1 aromatic carbocycles. The molecule has 2 aromatic rings. The zero-order chi connectivity index (χ0) is 14.7. The number of ether oxygens (including phenoxy) is 2. The molecular formula is C16H22N2O2. The van der Waals surface area contributed by atoms with Crippen LogP contribution in [0.5, 0.6) is 11.5 Å². The summed E-state index contributed by atoms with van der Waals surface area (Å²) in [5, 5.41) is 4.31. The summed E-state index contributed by atoms with van der Waals surface area (Å²) in [5.41, 5.74) is 2.01. The fourth-order valence-corrected chi connectivity index (χ4v) is 2.32. The summed E-state index contributed by atoms with van der Waals surface area (Å²) < 4.78 is 10.9. The van der Waals surface area contributed by atoms with Crippen molar-refractivity contribution in [2.24, 2.45) is 0 Å². The molecule has 0 amide bonds. The molecule has 1 heterocycles. The third-order valence-corrected chi connectivity index (χ3v) is 3.34. The number of aromatic nitrogens is 1. The van der Waals surface area contributed by atoms with Crippen molar-refractivity contribution >= 4 is 16.7 Å². The zero-order valence-corrected chi connectivity index (χ0v) is 12.8. The highest BCUT2D eigenvalue weighted by Gasteiger charge is 2.15. The summed E-state index contributed by atoms with van der Waals surface area (Å²) in [6.07, 6.45) is 0. The number of pyridine rings is 1. The van der Waals surface area contributed by atoms with Crippen LogP contribution < -0.4 is 14.8 Å². The van der Waals surface area contributed by atoms with Crippen LogP contribution in [0, 0.1) is 0 Å². The molecule has 0 atom stereocenters. The summed E-state index contributed by atoms with van der Waals surface area (Å²) in [5.74, 6) is 2.88. The van der Waals surface area contributed by atoms with E-state index in [1.807, 2.05) is 12.1 Å². The standard InChI is InChI=1S/C16H22N2O2/c1-6-17-16-11(10(2)3)9-12-13(19-4)7-8-14(20-5)15(12)18-16/h7-10H,6H2,1-5H3,(H,17,18). The highest BCUT2D eigenvalue weighted by atomic mass is 16.5. The summed E-state index contributed by atoms with van der Waals surface area (Å²) in [6.45, 7) is 7.23. The van der Waals surface area contributed by atoms with Gasteiger partial charge in [-0.1, -0.05) is 13.8 Å². The Labute approximate surface area is 120 Å². The van der Waals surface area contributed by atoms with Crippen LogP contribution in [-0.2, 0) is 0 Å². The molecule has 1 N–H and O–H groups in total. The third-order valence-electron chi connectivity index (χ3n) is 3.34. The highest BCUT2D eigenvalue weighted by Crippen LogP contribution is 2.36. The van der Waals surface area contributed by atoms with Gasteiger partial charge in [0, 0.05) is 11.9 Å². The number of nitrogens with one attached hydrogen (secondary N) is 1. The molecule has 0 aliphatic rings. The van der Waals surface area contributed by atoms with Crippen molar-refractivity contribution < 1.29 is 9.47 Å². The largest absolute Gasteiger partial charge is 0.496 e. The molecule has 0 bridgehead atoms. The van der Waals surface area contributed by atoms with Crippen LogP contribution in [-0.4, -0.2) is 25.7 Å². The number of hydrogen-bond donors (Lipinski definition) is 1. The van der Waals surface area contributed by atoms with Gasteiger partial charge in [-0.2, -0.15) is 0 Å². The van der Waals surface area contributed by atoms with Gasteiger partial charge in [0.2, 0.25) is 0 Å². The van der Waals surface area contributed by atoms with E-state index in [0.717, 1.165) is 34.8 Å². The molecule has 20 heavy (non-hydrogen) atoms. The molecule has 0 fully saturated rings. The van der Waals surface area contributed by atoms with Crippen LogP contribution in [0.3, 0.4) is 0 Å². The number of fused-ring (bicyclic) bond motifs is 1. The number of hydrogen-bond acceptors (Lipinski definition) is 4. The smallest absolute Gasteiger partial charge is 0.145 e. The Kier molecular flexibility index (Phi) is 4.32. The van der Waals surface area contributed by atoms with E-state index in [4.69, 9.17) is 14.5 Å². The van der Waals surface area contributed by atoms with Crippen molar-refractivity contribution in [3.05, 3.63) is 23.8 Å². The van der Waals surface area contributed by atoms with Gasteiger partial charge in [-0.05, 0) is 36.6 Å². The molecule has 0 radical (unpaired) electrons. The van der Waals surface area contributed by atoms with Crippen molar-refractivity contribution in [1.29, 1.82) is 0 Å². The third kappa shape index (κ3) is 2.50. The summed E-state index contributed by atoms with van der Waals surface area (Å²) in [7, 11) is 3.33. The monoisotopic (exact) mass is 274 g/mol. The molecule has 0 aliphatic heterocycles. The Morgan fingerprint density at radius 1 is 1.15 bits per heavy atom. The maximum Gasteiger partial charge on any atom is 0.145 e. The van der Waals surface area contributed by atoms with Gasteiger partial charge in [0.05, 0.1) is 14.2 Å². The van der Waals surface area contributed by atoms with Crippen LogP contribution in [0.25, 0.3) is 10.9 Å². The van der Waals surface area contributed by atoms with Gasteiger partial charge >= 0.3 is 0 Å². The highest BCUT2D eigenvalue weighted by molar-refractivity contribution is 5.92. The van der Waals surface area contributed by atoms with E-state index >= 15 is 0 Å². The first-order valence-electron chi connectivity index (χ1n) is 6.91. The van der Waals surface area contributed by atoms with Gasteiger partial charge in [-0.15, -0.1) is 0 Å². The summed E-state index contributed by atoms with van der Waals surface area (Å²) in [6, 6.07) is 5.95. The van der Waals surface area contributed by atoms with Gasteiger partial charge in [0.1, 0.15) is 22.8 Å². The number of benzene rings is 1. The first kappa shape index (κ1) is 14.4. The molecule has 0 aliphatic carbocycles. The molecule has 0 unspecified atom stereocenters. The van der Waals surface area contributed by atoms with Gasteiger partial charge in [-0.25, -0.2) is 4.98 Å². The molecule has 0 spiro atoms. The lowest BCUT2D eigenvalue weighted by atomic mass is 10.0. The molecule has 108 valence electrons. The van der Waals surface area contributed by atoms with Gasteiger partial charge in [0.15, 0.2) is 0 Å². The SMILES string of the molecule is CCNc1nc2c(OC)ccc(OC)c2cc1C(C)C. The van der Waals surface area contributed by atoms with E-state index < -0.39 is 0 Å². The van der Waals surface area contributed by atoms with Crippen LogP contribution in [0.15, 0.2) is 18.2 Å². The van der Waals surface area contributed by atoms with Crippen LogP contribution >= 0.6 is 0 Å². The van der Waals surface area contributed by atoms with E-state index in [0.29, 0.717) is 5.92 Å². The predicted molar refractivity (Wildman–Crippen MR) is 83.1 cm³/mol. The minimum atomic E-state index is 0.386. The average molecular weight is 274 g/mol. The molecule has 4 heteroatoms. The fraction of sp³-hybridized carbons (Fsp3) is 0.438. The van der Waals surface area contributed by atoms with Crippen LogP contribution in [0.1, 0.15) is 32.3 Å². The number of nitrogens with zero attached hydrogens (tertiary/aromatic N) is 1. The Hall–Kier alpha value is -1.97. The van der Waals surface area contributed by atoms with E-state index in [-0.39, 0.29) is 0 Å². The first-order valence-corrected chi connectivity index (χ1v) is 6.91. The van der Waals surface area contributed by atoms with Crippen molar-refractivity contribution in [2.75, 3.05) is 26.1 Å². The number of methoxy groups -OCH3 is 2. The molecule has 1 aromatic heterocycles. The summed E-state index contributed by atoms with van der Waals surface area (Å²) in [4.78, 5) is 4.75. The minimum Gasteiger partial charge on any atom is -0.496 e. The molecule has 0 saturated heterocycles. The Bertz CT molecular complexity index is 609. The van der Waals surface area contributed by atoms with Crippen LogP contribution in [0.2, 0.25) is 0 Å². The second-order valence-corrected chi connectivity index (χ2v) is 4.98. The second kappa shape index (κ2) is 5.99. The Morgan fingerprint density at radius 2 is 1.80 bits per heavy atom. The van der Waals surface area contributed by atoms with Crippen molar-refractivity contribution in [2.45, 2.75) is 26.7 Å². The number of rotatable bonds is 5. The first-order chi connectivity index (χ1) is 9.62. The quantitative estimate of drug-likeness (QED) is 0.900. The van der Waals surface area contributed by atoms with Crippen molar-refractivity contribution in [3.8, 4) is 11.5 Å². The van der Waals surface area contributed by atoms with E-state index in [9.17, 15) is 0 Å². The molecular weight excluding hydrogens is 252 g/mol. The topological polar surface area (TPSA) is 43.4 Å². The Morgan fingerprint density at radius 3 is 2.35 bits per heavy atom. The summed E-state index contributed by atoms with van der Waals surface area (Å²) >= 11 is 0. The minimum absolute atomic E-state index is 0.386. The van der Waals surface area contributed by atoms with Crippen LogP contribution in [0.4, 0.5) is 5.82 Å². The van der Waals surface area contributed by atoms with Crippen molar-refractivity contribution in [3.63, 3.8) is 0 Å². The molecule has 0 saturated carbocycles. The average Bonchev–Trinajstić information content (AvgIpc) is 2.45. The predicted octanol–water partition coefficient (Wildman–Crippen LogP) is 3.81. The number of anilines is 1. The maximum atomic E-state index is 5.45. The molecule has 2 rings (SSSR count). The normalized spacial score (nSPS) is 10.9. The van der Waals surface area contributed by atoms with Gasteiger partial charge in [-0.3, -0.25) is 0 Å². The van der Waals surface area contributed by atoms with E-state index in [2.05, 4.69) is 32.2 Å². The van der Waals surface area contributed by atoms with E-state index in [1.54, 1.807) is 14.2 Å². The fourth-order valence-electron chi connectivity index (χ4n) is 2.32. The second-order valence-electron chi connectivity index (χ2n) is 4.98.